The van der Waals surface area contributed by atoms with Gasteiger partial charge in [-0.15, -0.1) is 0 Å². The molecule has 0 fully saturated rings. The third kappa shape index (κ3) is 3.30. The van der Waals surface area contributed by atoms with Crippen molar-refractivity contribution in [3.05, 3.63) is 53.4 Å². The van der Waals surface area contributed by atoms with Crippen LogP contribution in [0.3, 0.4) is 0 Å². The van der Waals surface area contributed by atoms with Gasteiger partial charge in [-0.25, -0.2) is 19.2 Å². The molecule has 0 bridgehead atoms. The minimum Gasteiger partial charge on any atom is -0.487 e. The number of carbonyl (C=O) groups is 2. The number of hydrogen-bond donors (Lipinski definition) is 2. The molecular formula is C13H10FN3O4. The first-order chi connectivity index (χ1) is 9.99. The Morgan fingerprint density at radius 1 is 1.33 bits per heavy atom. The third-order valence-electron chi connectivity index (χ3n) is 2.61. The van der Waals surface area contributed by atoms with Crippen molar-refractivity contribution in [2.75, 3.05) is 0 Å². The van der Waals surface area contributed by atoms with Crippen LogP contribution in [-0.4, -0.2) is 27.0 Å². The van der Waals surface area contributed by atoms with E-state index in [1.54, 1.807) is 0 Å². The molecule has 0 spiro atoms. The number of halogens is 1. The molecule has 7 nitrogen and oxygen atoms in total. The summed E-state index contributed by atoms with van der Waals surface area (Å²) in [5, 5.41) is 8.96. The standard InChI is InChI=1S/C13H10FN3O4/c14-10-3-7(1-2-8(10)12(15)18)21-5-11-9(13(19)20)4-16-6-17-11/h1-4,6H,5H2,(H2,15,18)(H,19,20). The van der Waals surface area contributed by atoms with Crippen molar-refractivity contribution in [2.24, 2.45) is 5.73 Å². The Morgan fingerprint density at radius 2 is 2.10 bits per heavy atom. The van der Waals surface area contributed by atoms with Crippen LogP contribution in [0.1, 0.15) is 26.4 Å². The number of primary amides is 1. The van der Waals surface area contributed by atoms with Crippen molar-refractivity contribution in [2.45, 2.75) is 6.61 Å². The molecule has 1 heterocycles. The van der Waals surface area contributed by atoms with Crippen LogP contribution in [0.2, 0.25) is 0 Å². The Morgan fingerprint density at radius 3 is 2.71 bits per heavy atom. The van der Waals surface area contributed by atoms with Gasteiger partial charge in [0.25, 0.3) is 5.91 Å². The molecule has 0 atom stereocenters. The van der Waals surface area contributed by atoms with Crippen LogP contribution in [0.4, 0.5) is 4.39 Å². The molecule has 0 aliphatic heterocycles. The predicted molar refractivity (Wildman–Crippen MR) is 68.2 cm³/mol. The Balaban J connectivity index is 2.16. The van der Waals surface area contributed by atoms with Crippen LogP contribution >= 0.6 is 0 Å². The number of nitrogens with zero attached hydrogens (tertiary/aromatic N) is 2. The normalized spacial score (nSPS) is 10.1. The molecule has 0 unspecified atom stereocenters. The highest BCUT2D eigenvalue weighted by Crippen LogP contribution is 2.18. The lowest BCUT2D eigenvalue weighted by Gasteiger charge is -2.08. The van der Waals surface area contributed by atoms with Gasteiger partial charge in [-0.1, -0.05) is 0 Å². The molecule has 108 valence electrons. The highest BCUT2D eigenvalue weighted by Gasteiger charge is 2.13. The van der Waals surface area contributed by atoms with Crippen LogP contribution in [-0.2, 0) is 6.61 Å². The minimum absolute atomic E-state index is 0.105. The summed E-state index contributed by atoms with van der Waals surface area (Å²) in [6, 6.07) is 3.53. The molecule has 21 heavy (non-hydrogen) atoms. The summed E-state index contributed by atoms with van der Waals surface area (Å²) in [6.07, 6.45) is 2.33. The average Bonchev–Trinajstić information content (AvgIpc) is 2.45. The van der Waals surface area contributed by atoms with Crippen molar-refractivity contribution in [3.8, 4) is 5.75 Å². The summed E-state index contributed by atoms with van der Waals surface area (Å²) in [6.45, 7) is -0.181. The zero-order valence-corrected chi connectivity index (χ0v) is 10.6. The first-order valence-electron chi connectivity index (χ1n) is 5.73. The number of carbonyl (C=O) groups excluding carboxylic acids is 1. The Hall–Kier alpha value is -3.03. The van der Waals surface area contributed by atoms with E-state index in [0.717, 1.165) is 12.3 Å². The van der Waals surface area contributed by atoms with Crippen molar-refractivity contribution in [1.82, 2.24) is 9.97 Å². The van der Waals surface area contributed by atoms with Gasteiger partial charge in [0.1, 0.15) is 30.1 Å². The number of nitrogens with two attached hydrogens (primary N) is 1. The van der Waals surface area contributed by atoms with Gasteiger partial charge in [0, 0.05) is 12.3 Å². The molecule has 0 aliphatic rings. The molecule has 0 aliphatic carbocycles. The molecular weight excluding hydrogens is 281 g/mol. The van der Waals surface area contributed by atoms with E-state index in [1.807, 2.05) is 0 Å². The van der Waals surface area contributed by atoms with Crippen molar-refractivity contribution in [1.29, 1.82) is 0 Å². The zero-order valence-electron chi connectivity index (χ0n) is 10.6. The number of hydrogen-bond acceptors (Lipinski definition) is 5. The lowest BCUT2D eigenvalue weighted by atomic mass is 10.2. The minimum atomic E-state index is -1.19. The summed E-state index contributed by atoms with van der Waals surface area (Å²) in [5.41, 5.74) is 4.77. The number of ether oxygens (including phenoxy) is 1. The topological polar surface area (TPSA) is 115 Å². The second kappa shape index (κ2) is 5.95. The molecule has 8 heteroatoms. The van der Waals surface area contributed by atoms with Crippen LogP contribution in [0.25, 0.3) is 0 Å². The SMILES string of the molecule is NC(=O)c1ccc(OCc2ncncc2C(=O)O)cc1F. The van der Waals surface area contributed by atoms with Gasteiger partial charge < -0.3 is 15.6 Å². The number of aromatic nitrogens is 2. The lowest BCUT2D eigenvalue weighted by molar-refractivity contribution is 0.0692. The largest absolute Gasteiger partial charge is 0.487 e. The second-order valence-electron chi connectivity index (χ2n) is 3.98. The Labute approximate surface area is 118 Å². The molecule has 0 radical (unpaired) electrons. The molecule has 2 aromatic rings. The van der Waals surface area contributed by atoms with Crippen molar-refractivity contribution in [3.63, 3.8) is 0 Å². The molecule has 0 saturated carbocycles. The van der Waals surface area contributed by atoms with Gasteiger partial charge in [0.05, 0.1) is 11.3 Å². The predicted octanol–water partition coefficient (Wildman–Crippen LogP) is 0.992. The van der Waals surface area contributed by atoms with E-state index in [2.05, 4.69) is 9.97 Å². The highest BCUT2D eigenvalue weighted by molar-refractivity contribution is 5.93. The van der Waals surface area contributed by atoms with E-state index in [-0.39, 0.29) is 29.2 Å². The lowest BCUT2D eigenvalue weighted by Crippen LogP contribution is -2.13. The first-order valence-corrected chi connectivity index (χ1v) is 5.73. The summed E-state index contributed by atoms with van der Waals surface area (Å²) < 4.78 is 18.8. The van der Waals surface area contributed by atoms with E-state index in [1.165, 1.54) is 18.5 Å². The number of rotatable bonds is 5. The van der Waals surface area contributed by atoms with Gasteiger partial charge in [-0.05, 0) is 12.1 Å². The van der Waals surface area contributed by atoms with E-state index < -0.39 is 17.7 Å². The highest BCUT2D eigenvalue weighted by atomic mass is 19.1. The molecule has 3 N–H and O–H groups in total. The monoisotopic (exact) mass is 291 g/mol. The average molecular weight is 291 g/mol. The summed E-state index contributed by atoms with van der Waals surface area (Å²) in [5.74, 6) is -2.78. The van der Waals surface area contributed by atoms with Gasteiger partial charge >= 0.3 is 5.97 Å². The van der Waals surface area contributed by atoms with E-state index in [0.29, 0.717) is 0 Å². The zero-order chi connectivity index (χ0) is 15.4. The molecule has 1 aromatic heterocycles. The number of aromatic carboxylic acids is 1. The quantitative estimate of drug-likeness (QED) is 0.848. The fraction of sp³-hybridized carbons (Fsp3) is 0.0769. The van der Waals surface area contributed by atoms with Crippen molar-refractivity contribution < 1.29 is 23.8 Å². The van der Waals surface area contributed by atoms with Gasteiger partial charge in [-0.2, -0.15) is 0 Å². The van der Waals surface area contributed by atoms with Crippen LogP contribution in [0.5, 0.6) is 5.75 Å². The van der Waals surface area contributed by atoms with Gasteiger partial charge in [-0.3, -0.25) is 4.79 Å². The molecule has 2 rings (SSSR count). The number of benzene rings is 1. The summed E-state index contributed by atoms with van der Waals surface area (Å²) in [4.78, 5) is 29.3. The fourth-order valence-corrected chi connectivity index (χ4v) is 1.59. The maximum Gasteiger partial charge on any atom is 0.339 e. The summed E-state index contributed by atoms with van der Waals surface area (Å²) in [7, 11) is 0. The number of carboxylic acids is 1. The van der Waals surface area contributed by atoms with Crippen LogP contribution in [0, 0.1) is 5.82 Å². The molecule has 0 saturated heterocycles. The fourth-order valence-electron chi connectivity index (χ4n) is 1.59. The summed E-state index contributed by atoms with van der Waals surface area (Å²) >= 11 is 0. The van der Waals surface area contributed by atoms with Crippen LogP contribution < -0.4 is 10.5 Å². The molecule has 1 aromatic carbocycles. The van der Waals surface area contributed by atoms with E-state index in [4.69, 9.17) is 15.6 Å². The number of amides is 1. The Kier molecular flexibility index (Phi) is 4.07. The smallest absolute Gasteiger partial charge is 0.339 e. The van der Waals surface area contributed by atoms with Crippen LogP contribution in [0.15, 0.2) is 30.7 Å². The third-order valence-corrected chi connectivity index (χ3v) is 2.61. The molecule has 1 amide bonds. The van der Waals surface area contributed by atoms with E-state index in [9.17, 15) is 14.0 Å². The van der Waals surface area contributed by atoms with Gasteiger partial charge in [0.15, 0.2) is 0 Å². The van der Waals surface area contributed by atoms with Gasteiger partial charge in [0.2, 0.25) is 0 Å². The van der Waals surface area contributed by atoms with Crippen molar-refractivity contribution >= 4 is 11.9 Å². The second-order valence-corrected chi connectivity index (χ2v) is 3.98. The maximum absolute atomic E-state index is 13.5. The number of carboxylic acid groups (broad SMARTS) is 1. The Bertz CT molecular complexity index is 706. The maximum atomic E-state index is 13.5. The van der Waals surface area contributed by atoms with E-state index >= 15 is 0 Å². The first kappa shape index (κ1) is 14.4.